The number of thioether (sulfide) groups is 1. The summed E-state index contributed by atoms with van der Waals surface area (Å²) in [5.41, 5.74) is 0.953. The fourth-order valence-electron chi connectivity index (χ4n) is 4.45. The van der Waals surface area contributed by atoms with Crippen LogP contribution >= 0.6 is 11.8 Å². The minimum absolute atomic E-state index is 0.0666. The second kappa shape index (κ2) is 11.4. The van der Waals surface area contributed by atoms with Crippen LogP contribution in [0.2, 0.25) is 0 Å². The second-order valence-corrected chi connectivity index (χ2v) is 13.2. The molecule has 1 aromatic heterocycles. The van der Waals surface area contributed by atoms with Gasteiger partial charge in [-0.25, -0.2) is 13.2 Å². The van der Waals surface area contributed by atoms with E-state index in [0.29, 0.717) is 25.3 Å². The largest absolute Gasteiger partial charge is 0.415 e. The van der Waals surface area contributed by atoms with E-state index in [1.54, 1.807) is 23.1 Å². The lowest BCUT2D eigenvalue weighted by Crippen LogP contribution is -2.54. The van der Waals surface area contributed by atoms with Crippen molar-refractivity contribution in [2.75, 3.05) is 32.1 Å². The van der Waals surface area contributed by atoms with E-state index >= 15 is 0 Å². The van der Waals surface area contributed by atoms with E-state index in [9.17, 15) is 18.0 Å². The standard InChI is InChI=1S/C25H33N5O5S2/c1-18(15-19-6-8-20(9-7-19)35-24(32)29-13-11-26-12-14-29)28-23(31)22-25(2,3)36-17-30(22)37(33,34)21-5-4-10-27-16-21/h4-10,16,18,22,26H,11-15,17H2,1-3H3,(H,28,31)/t18-,22-/m1/s1. The molecule has 2 atom stereocenters. The summed E-state index contributed by atoms with van der Waals surface area (Å²) in [6.07, 6.45) is 2.98. The summed E-state index contributed by atoms with van der Waals surface area (Å²) in [5.74, 6) is 0.312. The van der Waals surface area contributed by atoms with Crippen molar-refractivity contribution in [2.45, 2.75) is 48.9 Å². The maximum absolute atomic E-state index is 13.4. The van der Waals surface area contributed by atoms with Crippen molar-refractivity contribution in [1.29, 1.82) is 0 Å². The zero-order valence-corrected chi connectivity index (χ0v) is 22.8. The first-order chi connectivity index (χ1) is 17.6. The van der Waals surface area contributed by atoms with E-state index in [1.165, 1.54) is 34.5 Å². The molecule has 2 aliphatic heterocycles. The maximum Gasteiger partial charge on any atom is 0.415 e. The number of sulfonamides is 1. The first kappa shape index (κ1) is 27.4. The number of piperazine rings is 1. The molecule has 3 heterocycles. The SMILES string of the molecule is C[C@H](Cc1ccc(OC(=O)N2CCNCC2)cc1)NC(=O)[C@H]1N(S(=O)(=O)c2cccnc2)CSC1(C)C. The van der Waals surface area contributed by atoms with Gasteiger partial charge in [0.1, 0.15) is 16.7 Å². The van der Waals surface area contributed by atoms with Gasteiger partial charge in [-0.15, -0.1) is 11.8 Å². The van der Waals surface area contributed by atoms with Crippen LogP contribution in [0.25, 0.3) is 0 Å². The average Bonchev–Trinajstić information content (AvgIpc) is 3.22. The Labute approximate surface area is 222 Å². The van der Waals surface area contributed by atoms with Crippen LogP contribution in [0.15, 0.2) is 53.7 Å². The number of carbonyl (C=O) groups is 2. The van der Waals surface area contributed by atoms with Crippen molar-refractivity contribution >= 4 is 33.8 Å². The molecule has 4 rings (SSSR count). The lowest BCUT2D eigenvalue weighted by molar-refractivity contribution is -0.125. The van der Waals surface area contributed by atoms with Crippen molar-refractivity contribution < 1.29 is 22.7 Å². The van der Waals surface area contributed by atoms with Crippen LogP contribution in [0.4, 0.5) is 4.79 Å². The average molecular weight is 548 g/mol. The molecule has 10 nitrogen and oxygen atoms in total. The number of benzene rings is 1. The Morgan fingerprint density at radius 2 is 1.92 bits per heavy atom. The Balaban J connectivity index is 1.37. The summed E-state index contributed by atoms with van der Waals surface area (Å²) >= 11 is 1.43. The van der Waals surface area contributed by atoms with Gasteiger partial charge in [-0.05, 0) is 57.0 Å². The third-order valence-electron chi connectivity index (χ3n) is 6.43. The van der Waals surface area contributed by atoms with Gasteiger partial charge in [0.2, 0.25) is 15.9 Å². The van der Waals surface area contributed by atoms with Gasteiger partial charge in [0.25, 0.3) is 0 Å². The molecule has 0 radical (unpaired) electrons. The van der Waals surface area contributed by atoms with Crippen molar-refractivity contribution in [3.05, 3.63) is 54.4 Å². The highest BCUT2D eigenvalue weighted by atomic mass is 32.2. The van der Waals surface area contributed by atoms with E-state index in [0.717, 1.165) is 18.7 Å². The van der Waals surface area contributed by atoms with E-state index < -0.39 is 20.8 Å². The van der Waals surface area contributed by atoms with Crippen molar-refractivity contribution in [2.24, 2.45) is 0 Å². The van der Waals surface area contributed by atoms with Crippen molar-refractivity contribution in [3.63, 3.8) is 0 Å². The Hall–Kier alpha value is -2.67. The molecule has 0 saturated carbocycles. The number of hydrogen-bond acceptors (Lipinski definition) is 8. The lowest BCUT2D eigenvalue weighted by atomic mass is 10.0. The van der Waals surface area contributed by atoms with Gasteiger partial charge in [-0.2, -0.15) is 4.31 Å². The molecular formula is C25H33N5O5S2. The molecule has 37 heavy (non-hydrogen) atoms. The zero-order chi connectivity index (χ0) is 26.6. The van der Waals surface area contributed by atoms with Gasteiger partial charge in [0.05, 0.1) is 5.88 Å². The summed E-state index contributed by atoms with van der Waals surface area (Å²) < 4.78 is 32.7. The summed E-state index contributed by atoms with van der Waals surface area (Å²) in [6, 6.07) is 9.14. The predicted molar refractivity (Wildman–Crippen MR) is 142 cm³/mol. The number of pyridine rings is 1. The highest BCUT2D eigenvalue weighted by Gasteiger charge is 2.51. The second-order valence-electron chi connectivity index (χ2n) is 9.72. The molecule has 12 heteroatoms. The third kappa shape index (κ3) is 6.43. The third-order valence-corrected chi connectivity index (χ3v) is 9.77. The van der Waals surface area contributed by atoms with Gasteiger partial charge in [0, 0.05) is 49.4 Å². The van der Waals surface area contributed by atoms with E-state index in [-0.39, 0.29) is 28.8 Å². The minimum Gasteiger partial charge on any atom is -0.410 e. The normalized spacial score (nSPS) is 20.8. The fraction of sp³-hybridized carbons (Fsp3) is 0.480. The van der Waals surface area contributed by atoms with Crippen molar-refractivity contribution in [3.8, 4) is 5.75 Å². The lowest BCUT2D eigenvalue weighted by Gasteiger charge is -2.31. The molecule has 0 aliphatic carbocycles. The summed E-state index contributed by atoms with van der Waals surface area (Å²) in [7, 11) is -3.88. The summed E-state index contributed by atoms with van der Waals surface area (Å²) in [5, 5.41) is 6.19. The molecule has 2 fully saturated rings. The number of carbonyl (C=O) groups excluding carboxylic acids is 2. The molecule has 0 bridgehead atoms. The number of ether oxygens (including phenoxy) is 1. The van der Waals surface area contributed by atoms with Gasteiger partial charge < -0.3 is 20.3 Å². The van der Waals surface area contributed by atoms with Crippen LogP contribution in [0, 0.1) is 0 Å². The van der Waals surface area contributed by atoms with Gasteiger partial charge >= 0.3 is 6.09 Å². The van der Waals surface area contributed by atoms with Crippen LogP contribution in [0.1, 0.15) is 26.3 Å². The molecule has 1 aromatic carbocycles. The number of amides is 2. The highest BCUT2D eigenvalue weighted by Crippen LogP contribution is 2.42. The molecule has 2 N–H and O–H groups in total. The van der Waals surface area contributed by atoms with Crippen LogP contribution in [-0.2, 0) is 21.2 Å². The number of nitrogens with one attached hydrogen (secondary N) is 2. The summed E-state index contributed by atoms with van der Waals surface area (Å²) in [4.78, 5) is 31.3. The zero-order valence-electron chi connectivity index (χ0n) is 21.2. The smallest absolute Gasteiger partial charge is 0.410 e. The van der Waals surface area contributed by atoms with Gasteiger partial charge in [0.15, 0.2) is 0 Å². The molecule has 2 aliphatic rings. The van der Waals surface area contributed by atoms with Gasteiger partial charge in [-0.1, -0.05) is 12.1 Å². The van der Waals surface area contributed by atoms with Crippen molar-refractivity contribution in [1.82, 2.24) is 24.8 Å². The maximum atomic E-state index is 13.4. The number of rotatable bonds is 7. The quantitative estimate of drug-likeness (QED) is 0.541. The van der Waals surface area contributed by atoms with Crippen LogP contribution in [0.3, 0.4) is 0 Å². The summed E-state index contributed by atoms with van der Waals surface area (Å²) in [6.45, 7) is 8.38. The molecule has 200 valence electrons. The highest BCUT2D eigenvalue weighted by molar-refractivity contribution is 8.02. The minimum atomic E-state index is -3.88. The number of nitrogens with zero attached hydrogens (tertiary/aromatic N) is 3. The van der Waals surface area contributed by atoms with Crippen LogP contribution in [-0.4, -0.2) is 83.5 Å². The van der Waals surface area contributed by atoms with E-state index in [4.69, 9.17) is 4.74 Å². The topological polar surface area (TPSA) is 121 Å². The Bertz CT molecular complexity index is 1200. The predicted octanol–water partition coefficient (Wildman–Crippen LogP) is 2.08. The molecule has 2 amide bonds. The van der Waals surface area contributed by atoms with E-state index in [1.807, 2.05) is 32.9 Å². The van der Waals surface area contributed by atoms with E-state index in [2.05, 4.69) is 15.6 Å². The Morgan fingerprint density at radius 1 is 1.22 bits per heavy atom. The fourth-order valence-corrected chi connectivity index (χ4v) is 7.59. The van der Waals surface area contributed by atoms with Crippen LogP contribution < -0.4 is 15.4 Å². The molecule has 2 saturated heterocycles. The first-order valence-electron chi connectivity index (χ1n) is 12.2. The molecular weight excluding hydrogens is 514 g/mol. The Morgan fingerprint density at radius 3 is 2.57 bits per heavy atom. The number of aromatic nitrogens is 1. The molecule has 0 unspecified atom stereocenters. The monoisotopic (exact) mass is 547 g/mol. The first-order valence-corrected chi connectivity index (χ1v) is 14.6. The van der Waals surface area contributed by atoms with Gasteiger partial charge in [-0.3, -0.25) is 9.78 Å². The van der Waals surface area contributed by atoms with Crippen LogP contribution in [0.5, 0.6) is 5.75 Å². The number of hydrogen-bond donors (Lipinski definition) is 2. The Kier molecular flexibility index (Phi) is 8.42. The molecule has 0 spiro atoms. The molecule has 2 aromatic rings.